The molecule has 0 aliphatic heterocycles. The molecule has 0 aliphatic rings. The molecular formula is C14H16N2S. The van der Waals surface area contributed by atoms with Crippen LogP contribution in [0.4, 0.5) is 0 Å². The summed E-state index contributed by atoms with van der Waals surface area (Å²) in [6.45, 7) is 1.96. The summed E-state index contributed by atoms with van der Waals surface area (Å²) in [5, 5.41) is 3.44. The van der Waals surface area contributed by atoms with Crippen LogP contribution in [0.5, 0.6) is 0 Å². The maximum Gasteiger partial charge on any atom is 0.0278 e. The van der Waals surface area contributed by atoms with E-state index in [1.807, 2.05) is 42.4 Å². The molecule has 1 N–H and O–H groups in total. The van der Waals surface area contributed by atoms with Gasteiger partial charge in [0.1, 0.15) is 0 Å². The zero-order chi connectivity index (χ0) is 11.8. The van der Waals surface area contributed by atoms with Gasteiger partial charge in [0, 0.05) is 36.1 Å². The Morgan fingerprint density at radius 3 is 2.53 bits per heavy atom. The van der Waals surface area contributed by atoms with Gasteiger partial charge >= 0.3 is 0 Å². The van der Waals surface area contributed by atoms with E-state index in [9.17, 15) is 0 Å². The molecule has 0 fully saturated rings. The fourth-order valence-corrected chi connectivity index (χ4v) is 2.30. The highest BCUT2D eigenvalue weighted by Crippen LogP contribution is 2.14. The summed E-state index contributed by atoms with van der Waals surface area (Å²) in [5.74, 6) is 1.08. The minimum atomic E-state index is 0.942. The van der Waals surface area contributed by atoms with Crippen molar-refractivity contribution in [3.63, 3.8) is 0 Å². The Labute approximate surface area is 106 Å². The number of nitrogens with zero attached hydrogens (tertiary/aromatic N) is 1. The number of hydrogen-bond acceptors (Lipinski definition) is 3. The second kappa shape index (κ2) is 7.09. The lowest BCUT2D eigenvalue weighted by molar-refractivity contribution is 0.732. The minimum Gasteiger partial charge on any atom is -0.312 e. The van der Waals surface area contributed by atoms with Gasteiger partial charge in [-0.25, -0.2) is 0 Å². The molecule has 0 bridgehead atoms. The smallest absolute Gasteiger partial charge is 0.0278 e. The third-order valence-electron chi connectivity index (χ3n) is 2.37. The van der Waals surface area contributed by atoms with Gasteiger partial charge in [-0.2, -0.15) is 0 Å². The van der Waals surface area contributed by atoms with E-state index in [0.29, 0.717) is 0 Å². The fourth-order valence-electron chi connectivity index (χ4n) is 1.50. The minimum absolute atomic E-state index is 0.942. The average molecular weight is 244 g/mol. The number of pyridine rings is 1. The normalized spacial score (nSPS) is 10.4. The molecule has 3 heteroatoms. The number of nitrogens with one attached hydrogen (secondary N) is 1. The van der Waals surface area contributed by atoms with E-state index in [2.05, 4.69) is 34.6 Å². The summed E-state index contributed by atoms with van der Waals surface area (Å²) in [6.07, 6.45) is 3.67. The van der Waals surface area contributed by atoms with Crippen molar-refractivity contribution >= 4 is 11.8 Å². The molecule has 0 radical (unpaired) electrons. The summed E-state index contributed by atoms with van der Waals surface area (Å²) in [7, 11) is 0. The van der Waals surface area contributed by atoms with Crippen molar-refractivity contribution in [2.75, 3.05) is 12.3 Å². The van der Waals surface area contributed by atoms with E-state index < -0.39 is 0 Å². The zero-order valence-corrected chi connectivity index (χ0v) is 10.5. The topological polar surface area (TPSA) is 24.9 Å². The van der Waals surface area contributed by atoms with Crippen LogP contribution in [0.1, 0.15) is 5.56 Å². The van der Waals surface area contributed by atoms with E-state index in [1.54, 1.807) is 0 Å². The molecule has 2 aromatic rings. The number of benzene rings is 1. The lowest BCUT2D eigenvalue weighted by Crippen LogP contribution is -2.16. The molecule has 1 aromatic carbocycles. The Kier molecular flexibility index (Phi) is 5.07. The van der Waals surface area contributed by atoms with Crippen LogP contribution in [-0.4, -0.2) is 17.3 Å². The Hall–Kier alpha value is -1.32. The summed E-state index contributed by atoms with van der Waals surface area (Å²) < 4.78 is 0. The molecule has 0 atom stereocenters. The Balaban J connectivity index is 1.61. The first-order valence-electron chi connectivity index (χ1n) is 5.72. The van der Waals surface area contributed by atoms with Crippen molar-refractivity contribution in [1.29, 1.82) is 0 Å². The first-order valence-corrected chi connectivity index (χ1v) is 6.71. The highest BCUT2D eigenvalue weighted by Gasteiger charge is 1.93. The molecule has 1 aromatic heterocycles. The van der Waals surface area contributed by atoms with Crippen molar-refractivity contribution in [2.24, 2.45) is 0 Å². The fraction of sp³-hybridized carbons (Fsp3) is 0.214. The standard InChI is InChI=1S/C14H16N2S/c1-2-4-13(5-3-1)12-16-10-11-17-14-6-8-15-9-7-14/h1-9,16H,10-12H2. The maximum absolute atomic E-state index is 4.00. The molecule has 1 heterocycles. The van der Waals surface area contributed by atoms with E-state index >= 15 is 0 Å². The van der Waals surface area contributed by atoms with Gasteiger partial charge in [-0.15, -0.1) is 11.8 Å². The lowest BCUT2D eigenvalue weighted by atomic mass is 10.2. The molecular weight excluding hydrogens is 228 g/mol. The first-order chi connectivity index (χ1) is 8.45. The van der Waals surface area contributed by atoms with Gasteiger partial charge in [0.2, 0.25) is 0 Å². The molecule has 17 heavy (non-hydrogen) atoms. The number of hydrogen-bond donors (Lipinski definition) is 1. The molecule has 0 unspecified atom stereocenters. The van der Waals surface area contributed by atoms with Gasteiger partial charge < -0.3 is 5.32 Å². The quantitative estimate of drug-likeness (QED) is 0.624. The van der Waals surface area contributed by atoms with Crippen molar-refractivity contribution in [3.8, 4) is 0 Å². The summed E-state index contributed by atoms with van der Waals surface area (Å²) in [4.78, 5) is 5.28. The molecule has 0 saturated heterocycles. The highest BCUT2D eigenvalue weighted by molar-refractivity contribution is 7.99. The third kappa shape index (κ3) is 4.59. The van der Waals surface area contributed by atoms with Crippen LogP contribution in [-0.2, 0) is 6.54 Å². The number of thioether (sulfide) groups is 1. The van der Waals surface area contributed by atoms with Gasteiger partial charge in [0.05, 0.1) is 0 Å². The van der Waals surface area contributed by atoms with Gasteiger partial charge in [-0.3, -0.25) is 4.98 Å². The van der Waals surface area contributed by atoms with E-state index in [1.165, 1.54) is 10.5 Å². The van der Waals surface area contributed by atoms with Gasteiger partial charge in [-0.05, 0) is 17.7 Å². The second-order valence-electron chi connectivity index (χ2n) is 3.69. The molecule has 0 amide bonds. The molecule has 0 spiro atoms. The largest absolute Gasteiger partial charge is 0.312 e. The Morgan fingerprint density at radius 1 is 1.00 bits per heavy atom. The van der Waals surface area contributed by atoms with Crippen LogP contribution >= 0.6 is 11.8 Å². The second-order valence-corrected chi connectivity index (χ2v) is 4.86. The van der Waals surface area contributed by atoms with Gasteiger partial charge in [0.15, 0.2) is 0 Å². The lowest BCUT2D eigenvalue weighted by Gasteiger charge is -2.04. The Morgan fingerprint density at radius 2 is 1.76 bits per heavy atom. The van der Waals surface area contributed by atoms with Crippen LogP contribution in [0.2, 0.25) is 0 Å². The van der Waals surface area contributed by atoms with Crippen molar-refractivity contribution in [3.05, 3.63) is 60.4 Å². The van der Waals surface area contributed by atoms with Crippen LogP contribution in [0.25, 0.3) is 0 Å². The van der Waals surface area contributed by atoms with E-state index in [4.69, 9.17) is 0 Å². The summed E-state index contributed by atoms with van der Waals surface area (Å²) in [5.41, 5.74) is 1.33. The highest BCUT2D eigenvalue weighted by atomic mass is 32.2. The van der Waals surface area contributed by atoms with Gasteiger partial charge in [-0.1, -0.05) is 30.3 Å². The molecule has 2 rings (SSSR count). The SMILES string of the molecule is c1ccc(CNCCSc2ccncc2)cc1. The molecule has 2 nitrogen and oxygen atoms in total. The predicted molar refractivity (Wildman–Crippen MR) is 73.1 cm³/mol. The monoisotopic (exact) mass is 244 g/mol. The maximum atomic E-state index is 4.00. The van der Waals surface area contributed by atoms with E-state index in [-0.39, 0.29) is 0 Å². The van der Waals surface area contributed by atoms with Crippen LogP contribution in [0, 0.1) is 0 Å². The molecule has 0 saturated carbocycles. The van der Waals surface area contributed by atoms with E-state index in [0.717, 1.165) is 18.8 Å². The predicted octanol–water partition coefficient (Wildman–Crippen LogP) is 2.96. The molecule has 88 valence electrons. The summed E-state index contributed by atoms with van der Waals surface area (Å²) >= 11 is 1.85. The van der Waals surface area contributed by atoms with Crippen LogP contribution in [0.15, 0.2) is 59.8 Å². The van der Waals surface area contributed by atoms with Crippen molar-refractivity contribution in [2.45, 2.75) is 11.4 Å². The van der Waals surface area contributed by atoms with Crippen molar-refractivity contribution < 1.29 is 0 Å². The number of rotatable bonds is 6. The summed E-state index contributed by atoms with van der Waals surface area (Å²) in [6, 6.07) is 14.6. The first kappa shape index (κ1) is 12.1. The average Bonchev–Trinajstić information content (AvgIpc) is 2.41. The third-order valence-corrected chi connectivity index (χ3v) is 3.38. The molecule has 0 aliphatic carbocycles. The Bertz CT molecular complexity index is 375. The number of aromatic nitrogens is 1. The zero-order valence-electron chi connectivity index (χ0n) is 9.67. The van der Waals surface area contributed by atoms with Gasteiger partial charge in [0.25, 0.3) is 0 Å². The van der Waals surface area contributed by atoms with Crippen molar-refractivity contribution in [1.82, 2.24) is 10.3 Å². The van der Waals surface area contributed by atoms with Crippen LogP contribution in [0.3, 0.4) is 0 Å². The van der Waals surface area contributed by atoms with Crippen LogP contribution < -0.4 is 5.32 Å².